The lowest BCUT2D eigenvalue weighted by molar-refractivity contribution is 0.804. The highest BCUT2D eigenvalue weighted by Crippen LogP contribution is 2.35. The second-order valence-electron chi connectivity index (χ2n) is 1.97. The van der Waals surface area contributed by atoms with Crippen LogP contribution in [0, 0.1) is 23.2 Å². The van der Waals surface area contributed by atoms with Crippen molar-refractivity contribution in [3.63, 3.8) is 0 Å². The molecule has 1 saturated carbocycles. The zero-order valence-electron chi connectivity index (χ0n) is 4.09. The van der Waals surface area contributed by atoms with E-state index in [1.165, 1.54) is 0 Å². The van der Waals surface area contributed by atoms with E-state index in [-0.39, 0.29) is 0 Å². The maximum Gasteiger partial charge on any atom is 0.0659 e. The molecule has 2 atom stereocenters. The predicted molar refractivity (Wildman–Crippen MR) is 26.3 cm³/mol. The fourth-order valence-corrected chi connectivity index (χ4v) is 0.666. The van der Waals surface area contributed by atoms with Crippen LogP contribution in [0.4, 0.5) is 0 Å². The van der Waals surface area contributed by atoms with E-state index in [0.717, 1.165) is 6.42 Å². The van der Waals surface area contributed by atoms with Crippen LogP contribution in [0.1, 0.15) is 6.42 Å². The lowest BCUT2D eigenvalue weighted by Gasteiger charge is -1.78. The summed E-state index contributed by atoms with van der Waals surface area (Å²) in [6, 6.07) is 2.16. The van der Waals surface area contributed by atoms with Crippen molar-refractivity contribution in [2.45, 2.75) is 6.42 Å². The van der Waals surface area contributed by atoms with Crippen molar-refractivity contribution < 1.29 is 0 Å². The summed E-state index contributed by atoms with van der Waals surface area (Å²) >= 11 is 0. The van der Waals surface area contributed by atoms with E-state index < -0.39 is 0 Å². The summed E-state index contributed by atoms with van der Waals surface area (Å²) in [5, 5.41) is 8.20. The molecule has 2 heteroatoms. The summed E-state index contributed by atoms with van der Waals surface area (Å²) in [6.45, 7) is 0.693. The zero-order chi connectivity index (χ0) is 5.28. The van der Waals surface area contributed by atoms with Gasteiger partial charge < -0.3 is 5.73 Å². The number of hydrogen-bond acceptors (Lipinski definition) is 2. The Morgan fingerprint density at radius 2 is 2.57 bits per heavy atom. The van der Waals surface area contributed by atoms with Gasteiger partial charge in [-0.05, 0) is 18.9 Å². The Bertz CT molecular complexity index is 103. The molecule has 1 fully saturated rings. The first-order valence-corrected chi connectivity index (χ1v) is 2.48. The van der Waals surface area contributed by atoms with Crippen molar-refractivity contribution in [3.05, 3.63) is 0 Å². The number of nitriles is 1. The van der Waals surface area contributed by atoms with Gasteiger partial charge in [-0.15, -0.1) is 0 Å². The monoisotopic (exact) mass is 96.1 g/mol. The van der Waals surface area contributed by atoms with E-state index in [0.29, 0.717) is 18.4 Å². The van der Waals surface area contributed by atoms with Gasteiger partial charge in [-0.2, -0.15) is 5.26 Å². The van der Waals surface area contributed by atoms with Gasteiger partial charge >= 0.3 is 0 Å². The number of rotatable bonds is 1. The van der Waals surface area contributed by atoms with Gasteiger partial charge in [-0.1, -0.05) is 0 Å². The molecule has 1 aliphatic rings. The van der Waals surface area contributed by atoms with Gasteiger partial charge in [0.15, 0.2) is 0 Å². The van der Waals surface area contributed by atoms with Crippen LogP contribution >= 0.6 is 0 Å². The first-order chi connectivity index (χ1) is 3.38. The molecular formula is C5H8N2. The predicted octanol–water partition coefficient (Wildman–Crippen LogP) is 0.105. The topological polar surface area (TPSA) is 49.8 Å². The fourth-order valence-electron chi connectivity index (χ4n) is 0.666. The molecule has 0 amide bonds. The third-order valence-electron chi connectivity index (χ3n) is 1.39. The van der Waals surface area contributed by atoms with Crippen molar-refractivity contribution in [1.82, 2.24) is 0 Å². The van der Waals surface area contributed by atoms with Crippen LogP contribution in [0.5, 0.6) is 0 Å². The number of nitrogens with two attached hydrogens (primary N) is 1. The maximum absolute atomic E-state index is 8.20. The minimum absolute atomic E-state index is 0.296. The molecule has 0 heterocycles. The lowest BCUT2D eigenvalue weighted by Crippen LogP contribution is -2.01. The zero-order valence-corrected chi connectivity index (χ0v) is 4.09. The van der Waals surface area contributed by atoms with E-state index in [9.17, 15) is 0 Å². The maximum atomic E-state index is 8.20. The molecule has 0 spiro atoms. The highest BCUT2D eigenvalue weighted by Gasteiger charge is 2.35. The third-order valence-corrected chi connectivity index (χ3v) is 1.39. The second kappa shape index (κ2) is 1.51. The molecule has 1 aliphatic carbocycles. The normalized spacial score (nSPS) is 37.1. The standard InChI is InChI=1S/C5H8N2/c6-2-4-1-5(4)3-7/h4-5H,1-2,6H2/t4-,5-/m0/s1. The smallest absolute Gasteiger partial charge is 0.0659 e. The summed E-state index contributed by atoms with van der Waals surface area (Å²) in [5.74, 6) is 0.829. The quantitative estimate of drug-likeness (QED) is 0.503. The molecule has 7 heavy (non-hydrogen) atoms. The minimum Gasteiger partial charge on any atom is -0.330 e. The second-order valence-corrected chi connectivity index (χ2v) is 1.97. The Labute approximate surface area is 42.9 Å². The molecule has 0 radical (unpaired) electrons. The van der Waals surface area contributed by atoms with Crippen LogP contribution in [-0.2, 0) is 0 Å². The Morgan fingerprint density at radius 3 is 2.71 bits per heavy atom. The van der Waals surface area contributed by atoms with Crippen molar-refractivity contribution >= 4 is 0 Å². The first-order valence-electron chi connectivity index (χ1n) is 2.48. The van der Waals surface area contributed by atoms with Gasteiger partial charge in [0.2, 0.25) is 0 Å². The molecule has 0 saturated heterocycles. The molecule has 0 aromatic heterocycles. The molecule has 0 aromatic carbocycles. The van der Waals surface area contributed by atoms with Gasteiger partial charge in [0.25, 0.3) is 0 Å². The van der Waals surface area contributed by atoms with Gasteiger partial charge in [0, 0.05) is 0 Å². The first kappa shape index (κ1) is 4.61. The van der Waals surface area contributed by atoms with Crippen molar-refractivity contribution in [3.8, 4) is 6.07 Å². The minimum atomic E-state index is 0.296. The summed E-state index contributed by atoms with van der Waals surface area (Å²) < 4.78 is 0. The van der Waals surface area contributed by atoms with Crippen LogP contribution in [0.2, 0.25) is 0 Å². The largest absolute Gasteiger partial charge is 0.330 e. The van der Waals surface area contributed by atoms with Gasteiger partial charge in [0.1, 0.15) is 0 Å². The highest BCUT2D eigenvalue weighted by molar-refractivity contribution is 5.01. The summed E-state index contributed by atoms with van der Waals surface area (Å²) in [6.07, 6.45) is 1.03. The lowest BCUT2D eigenvalue weighted by atomic mass is 10.3. The Balaban J connectivity index is 2.21. The Morgan fingerprint density at radius 1 is 1.86 bits per heavy atom. The van der Waals surface area contributed by atoms with Crippen molar-refractivity contribution in [2.75, 3.05) is 6.54 Å². The molecule has 38 valence electrons. The highest BCUT2D eigenvalue weighted by atomic mass is 14.6. The number of nitrogens with zero attached hydrogens (tertiary/aromatic N) is 1. The molecular weight excluding hydrogens is 88.1 g/mol. The van der Waals surface area contributed by atoms with Crippen LogP contribution in [-0.4, -0.2) is 6.54 Å². The number of hydrogen-bond donors (Lipinski definition) is 1. The third kappa shape index (κ3) is 0.726. The van der Waals surface area contributed by atoms with Crippen molar-refractivity contribution in [2.24, 2.45) is 17.6 Å². The van der Waals surface area contributed by atoms with Gasteiger partial charge in [0.05, 0.1) is 12.0 Å². The molecule has 0 unspecified atom stereocenters. The average Bonchev–Trinajstić information content (AvgIpc) is 2.43. The van der Waals surface area contributed by atoms with E-state index in [4.69, 9.17) is 11.0 Å². The average molecular weight is 96.1 g/mol. The Kier molecular flexibility index (Phi) is 0.994. The van der Waals surface area contributed by atoms with E-state index >= 15 is 0 Å². The van der Waals surface area contributed by atoms with Gasteiger partial charge in [-0.3, -0.25) is 0 Å². The van der Waals surface area contributed by atoms with Crippen molar-refractivity contribution in [1.29, 1.82) is 5.26 Å². The summed E-state index contributed by atoms with van der Waals surface area (Å²) in [5.41, 5.74) is 5.25. The summed E-state index contributed by atoms with van der Waals surface area (Å²) in [7, 11) is 0. The van der Waals surface area contributed by atoms with E-state index in [1.807, 2.05) is 0 Å². The Hall–Kier alpha value is -0.550. The molecule has 2 N–H and O–H groups in total. The van der Waals surface area contributed by atoms with Gasteiger partial charge in [-0.25, -0.2) is 0 Å². The summed E-state index contributed by atoms with van der Waals surface area (Å²) in [4.78, 5) is 0. The SMILES string of the molecule is N#C[C@@H]1C[C@H]1CN. The van der Waals surface area contributed by atoms with Crippen LogP contribution < -0.4 is 5.73 Å². The molecule has 0 bridgehead atoms. The molecule has 1 rings (SSSR count). The fraction of sp³-hybridized carbons (Fsp3) is 0.800. The molecule has 2 nitrogen and oxygen atoms in total. The van der Waals surface area contributed by atoms with Crippen LogP contribution in [0.3, 0.4) is 0 Å². The van der Waals surface area contributed by atoms with Crippen LogP contribution in [0.15, 0.2) is 0 Å². The van der Waals surface area contributed by atoms with E-state index in [1.54, 1.807) is 0 Å². The molecule has 0 aliphatic heterocycles. The van der Waals surface area contributed by atoms with Crippen LogP contribution in [0.25, 0.3) is 0 Å². The molecule has 0 aromatic rings. The van der Waals surface area contributed by atoms with E-state index in [2.05, 4.69) is 6.07 Å².